The van der Waals surface area contributed by atoms with Crippen molar-refractivity contribution in [1.82, 2.24) is 9.64 Å². The Morgan fingerprint density at radius 1 is 1.48 bits per heavy atom. The Bertz CT molecular complexity index is 535. The highest BCUT2D eigenvalue weighted by molar-refractivity contribution is 5.79. The van der Waals surface area contributed by atoms with E-state index in [9.17, 15) is 9.59 Å². The van der Waals surface area contributed by atoms with E-state index in [-0.39, 0.29) is 12.5 Å². The maximum atomic E-state index is 12.3. The summed E-state index contributed by atoms with van der Waals surface area (Å²) in [4.78, 5) is 26.1. The lowest BCUT2D eigenvalue weighted by atomic mass is 9.83. The van der Waals surface area contributed by atoms with Crippen LogP contribution in [0.25, 0.3) is 0 Å². The number of hydrogen-bond acceptors (Lipinski definition) is 5. The minimum Gasteiger partial charge on any atom is -0.373 e. The van der Waals surface area contributed by atoms with Gasteiger partial charge in [0.15, 0.2) is 0 Å². The fourth-order valence-electron chi connectivity index (χ4n) is 3.27. The Balaban J connectivity index is 2.09. The minimum atomic E-state index is -0.396. The van der Waals surface area contributed by atoms with Gasteiger partial charge in [-0.2, -0.15) is 0 Å². The van der Waals surface area contributed by atoms with E-state index in [4.69, 9.17) is 10.3 Å². The zero-order valence-electron chi connectivity index (χ0n) is 12.9. The zero-order chi connectivity index (χ0) is 15.4. The van der Waals surface area contributed by atoms with Crippen LogP contribution in [0.2, 0.25) is 0 Å². The molecule has 21 heavy (non-hydrogen) atoms. The number of carbonyl (C=O) groups is 1. The summed E-state index contributed by atoms with van der Waals surface area (Å²) in [5, 5.41) is 0. The molecular weight excluding hydrogens is 270 g/mol. The lowest BCUT2D eigenvalue weighted by Crippen LogP contribution is -2.48. The molecule has 1 saturated carbocycles. The predicted octanol–water partition coefficient (Wildman–Crippen LogP) is 1.23. The molecule has 0 amide bonds. The van der Waals surface area contributed by atoms with Gasteiger partial charge in [0.2, 0.25) is 0 Å². The zero-order valence-corrected chi connectivity index (χ0v) is 12.9. The summed E-state index contributed by atoms with van der Waals surface area (Å²) in [6.45, 7) is 5.31. The molecule has 2 atom stereocenters. The number of hydrogen-bond donors (Lipinski definition) is 1. The second kappa shape index (κ2) is 7.04. The van der Waals surface area contributed by atoms with Crippen molar-refractivity contribution in [3.8, 4) is 0 Å². The molecule has 2 rings (SSSR count). The van der Waals surface area contributed by atoms with Crippen molar-refractivity contribution in [3.05, 3.63) is 22.2 Å². The number of nitrogens with two attached hydrogens (primary N) is 1. The van der Waals surface area contributed by atoms with Crippen molar-refractivity contribution < 1.29 is 9.32 Å². The maximum absolute atomic E-state index is 12.3. The van der Waals surface area contributed by atoms with Crippen molar-refractivity contribution in [2.45, 2.75) is 45.6 Å². The summed E-state index contributed by atoms with van der Waals surface area (Å²) < 4.78 is 6.02. The van der Waals surface area contributed by atoms with Gasteiger partial charge in [-0.05, 0) is 38.8 Å². The first-order valence-electron chi connectivity index (χ1n) is 7.74. The van der Waals surface area contributed by atoms with Crippen LogP contribution in [0, 0.1) is 12.8 Å². The van der Waals surface area contributed by atoms with Crippen LogP contribution < -0.4 is 11.3 Å². The average molecular weight is 295 g/mol. The van der Waals surface area contributed by atoms with Crippen molar-refractivity contribution in [1.29, 1.82) is 0 Å². The summed E-state index contributed by atoms with van der Waals surface area (Å²) in [6.07, 6.45) is 4.56. The Hall–Kier alpha value is -1.40. The molecule has 1 heterocycles. The molecule has 6 heteroatoms. The minimum absolute atomic E-state index is 0.199. The van der Waals surface area contributed by atoms with E-state index in [1.807, 2.05) is 6.92 Å². The van der Waals surface area contributed by atoms with Gasteiger partial charge in [-0.3, -0.25) is 14.5 Å². The fourth-order valence-corrected chi connectivity index (χ4v) is 3.27. The SMILES string of the molecule is CCN(CC(=O)n1oc(C)cc1=O)C1CCCCC1CN. The van der Waals surface area contributed by atoms with E-state index < -0.39 is 5.56 Å². The smallest absolute Gasteiger partial charge is 0.290 e. The molecule has 118 valence electrons. The molecule has 1 aliphatic rings. The highest BCUT2D eigenvalue weighted by atomic mass is 16.5. The summed E-state index contributed by atoms with van der Waals surface area (Å²) >= 11 is 0. The van der Waals surface area contributed by atoms with Crippen LogP contribution in [-0.4, -0.2) is 41.2 Å². The van der Waals surface area contributed by atoms with Crippen LogP contribution in [0.3, 0.4) is 0 Å². The Morgan fingerprint density at radius 3 is 2.76 bits per heavy atom. The standard InChI is InChI=1S/C15H25N3O3/c1-3-17(13-7-5-4-6-12(13)9-16)10-15(20)18-14(19)8-11(2)21-18/h8,12-13H,3-7,9-10,16H2,1-2H3. The topological polar surface area (TPSA) is 81.5 Å². The molecule has 1 aromatic rings. The van der Waals surface area contributed by atoms with Crippen LogP contribution in [0.5, 0.6) is 0 Å². The first kappa shape index (κ1) is 16.0. The molecule has 2 unspecified atom stereocenters. The second-order valence-corrected chi connectivity index (χ2v) is 5.78. The van der Waals surface area contributed by atoms with Crippen molar-refractivity contribution in [2.24, 2.45) is 11.7 Å². The Labute approximate surface area is 124 Å². The van der Waals surface area contributed by atoms with Crippen molar-refractivity contribution >= 4 is 5.91 Å². The van der Waals surface area contributed by atoms with E-state index in [1.165, 1.54) is 18.9 Å². The molecule has 1 fully saturated rings. The van der Waals surface area contributed by atoms with Gasteiger partial charge in [-0.1, -0.05) is 19.8 Å². The van der Waals surface area contributed by atoms with Crippen LogP contribution in [0.4, 0.5) is 0 Å². The first-order valence-corrected chi connectivity index (χ1v) is 7.74. The number of likely N-dealkylation sites (N-methyl/N-ethyl adjacent to an activating group) is 1. The van der Waals surface area contributed by atoms with Gasteiger partial charge in [0.1, 0.15) is 5.76 Å². The van der Waals surface area contributed by atoms with E-state index in [1.54, 1.807) is 6.92 Å². The van der Waals surface area contributed by atoms with Gasteiger partial charge in [-0.25, -0.2) is 0 Å². The fraction of sp³-hybridized carbons (Fsp3) is 0.733. The lowest BCUT2D eigenvalue weighted by molar-refractivity contribution is 0.0595. The lowest BCUT2D eigenvalue weighted by Gasteiger charge is -2.38. The van der Waals surface area contributed by atoms with Gasteiger partial charge in [0, 0.05) is 12.1 Å². The van der Waals surface area contributed by atoms with Gasteiger partial charge < -0.3 is 10.3 Å². The monoisotopic (exact) mass is 295 g/mol. The van der Waals surface area contributed by atoms with E-state index in [2.05, 4.69) is 4.90 Å². The normalized spacial score (nSPS) is 22.7. The molecule has 6 nitrogen and oxygen atoms in total. The Morgan fingerprint density at radius 2 is 2.19 bits per heavy atom. The maximum Gasteiger partial charge on any atom is 0.290 e. The number of carbonyl (C=O) groups excluding carboxylic acids is 1. The highest BCUT2D eigenvalue weighted by Gasteiger charge is 2.30. The van der Waals surface area contributed by atoms with Crippen LogP contribution in [0.1, 0.15) is 43.2 Å². The number of nitrogens with zero attached hydrogens (tertiary/aromatic N) is 2. The molecule has 0 aromatic carbocycles. The van der Waals surface area contributed by atoms with Gasteiger partial charge in [0.25, 0.3) is 11.5 Å². The van der Waals surface area contributed by atoms with Gasteiger partial charge in [0.05, 0.1) is 6.54 Å². The highest BCUT2D eigenvalue weighted by Crippen LogP contribution is 2.27. The molecule has 1 aromatic heterocycles. The average Bonchev–Trinajstić information content (AvgIpc) is 2.83. The van der Waals surface area contributed by atoms with E-state index in [0.717, 1.165) is 24.1 Å². The largest absolute Gasteiger partial charge is 0.373 e. The van der Waals surface area contributed by atoms with E-state index in [0.29, 0.717) is 24.3 Å². The summed E-state index contributed by atoms with van der Waals surface area (Å²) in [5.41, 5.74) is 5.47. The van der Waals surface area contributed by atoms with Gasteiger partial charge >= 0.3 is 0 Å². The molecule has 0 saturated heterocycles. The molecule has 1 aliphatic carbocycles. The third-order valence-electron chi connectivity index (χ3n) is 4.37. The molecule has 0 spiro atoms. The summed E-state index contributed by atoms with van der Waals surface area (Å²) in [6, 6.07) is 1.65. The molecule has 0 radical (unpaired) electrons. The third kappa shape index (κ3) is 3.63. The van der Waals surface area contributed by atoms with Crippen LogP contribution in [0.15, 0.2) is 15.4 Å². The van der Waals surface area contributed by atoms with Crippen molar-refractivity contribution in [3.63, 3.8) is 0 Å². The van der Waals surface area contributed by atoms with Crippen LogP contribution >= 0.6 is 0 Å². The summed E-state index contributed by atoms with van der Waals surface area (Å²) in [7, 11) is 0. The molecule has 0 aliphatic heterocycles. The van der Waals surface area contributed by atoms with Crippen molar-refractivity contribution in [2.75, 3.05) is 19.6 Å². The molecule has 0 bridgehead atoms. The number of rotatable bonds is 5. The van der Waals surface area contributed by atoms with E-state index >= 15 is 0 Å². The van der Waals surface area contributed by atoms with Crippen LogP contribution in [-0.2, 0) is 0 Å². The molecular formula is C15H25N3O3. The molecule has 2 N–H and O–H groups in total. The third-order valence-corrected chi connectivity index (χ3v) is 4.37. The second-order valence-electron chi connectivity index (χ2n) is 5.78. The first-order chi connectivity index (χ1) is 10.1. The Kier molecular flexibility index (Phi) is 5.36. The quantitative estimate of drug-likeness (QED) is 0.883. The summed E-state index contributed by atoms with van der Waals surface area (Å²) in [5.74, 6) is 0.576. The number of aromatic nitrogens is 1. The predicted molar refractivity (Wildman–Crippen MR) is 80.4 cm³/mol. The van der Waals surface area contributed by atoms with Gasteiger partial charge in [-0.15, -0.1) is 4.74 Å². The number of aryl methyl sites for hydroxylation is 1.